The Kier molecular flexibility index (Phi) is 7.32. The zero-order chi connectivity index (χ0) is 23.9. The van der Waals surface area contributed by atoms with E-state index in [1.165, 1.54) is 22.0 Å². The molecule has 1 atom stereocenters. The minimum atomic E-state index is -0.519. The van der Waals surface area contributed by atoms with Gasteiger partial charge in [0.15, 0.2) is 5.82 Å². The summed E-state index contributed by atoms with van der Waals surface area (Å²) in [5, 5.41) is 7.41. The fourth-order valence-electron chi connectivity index (χ4n) is 4.05. The number of fused-ring (bicyclic) bond motifs is 1. The van der Waals surface area contributed by atoms with Crippen LogP contribution in [0.25, 0.3) is 10.9 Å². The van der Waals surface area contributed by atoms with E-state index in [4.69, 9.17) is 9.47 Å². The number of rotatable bonds is 9. The normalized spacial score (nSPS) is 11.7. The Morgan fingerprint density at radius 1 is 1.06 bits per heavy atom. The first-order valence-corrected chi connectivity index (χ1v) is 11.4. The van der Waals surface area contributed by atoms with E-state index in [0.29, 0.717) is 24.0 Å². The molecule has 0 saturated carbocycles. The van der Waals surface area contributed by atoms with Crippen LogP contribution >= 0.6 is 0 Å². The first kappa shape index (κ1) is 23.2. The molecule has 0 spiro atoms. The van der Waals surface area contributed by atoms with Gasteiger partial charge in [0.05, 0.1) is 19.4 Å². The number of nitrogens with one attached hydrogen (secondary N) is 2. The number of amides is 1. The first-order valence-electron chi connectivity index (χ1n) is 11.4. The van der Waals surface area contributed by atoms with Crippen molar-refractivity contribution in [3.8, 4) is 5.88 Å². The average Bonchev–Trinajstić information content (AvgIpc) is 3.18. The van der Waals surface area contributed by atoms with Gasteiger partial charge in [-0.3, -0.25) is 5.32 Å². The summed E-state index contributed by atoms with van der Waals surface area (Å²) in [4.78, 5) is 16.5. The zero-order valence-electron chi connectivity index (χ0n) is 19.7. The molecule has 2 heterocycles. The van der Waals surface area contributed by atoms with Crippen LogP contribution in [0.3, 0.4) is 0 Å². The smallest absolute Gasteiger partial charge is 0.411 e. The Bertz CT molecular complexity index is 1250. The van der Waals surface area contributed by atoms with Gasteiger partial charge in [-0.15, -0.1) is 0 Å². The maximum absolute atomic E-state index is 12.0. The van der Waals surface area contributed by atoms with Gasteiger partial charge in [-0.05, 0) is 43.5 Å². The van der Waals surface area contributed by atoms with Crippen molar-refractivity contribution in [3.63, 3.8) is 0 Å². The number of para-hydroxylation sites is 1. The molecule has 34 heavy (non-hydrogen) atoms. The highest BCUT2D eigenvalue weighted by Gasteiger charge is 2.16. The second-order valence-electron chi connectivity index (χ2n) is 8.13. The van der Waals surface area contributed by atoms with Crippen molar-refractivity contribution >= 4 is 28.5 Å². The van der Waals surface area contributed by atoms with Crippen LogP contribution < -0.4 is 15.4 Å². The molecule has 4 rings (SSSR count). The van der Waals surface area contributed by atoms with E-state index in [1.807, 2.05) is 6.07 Å². The van der Waals surface area contributed by atoms with E-state index in [1.54, 1.807) is 26.2 Å². The number of ether oxygens (including phenoxy) is 2. The molecule has 0 saturated heterocycles. The SMILES string of the molecule is CCOC(=O)Nc1ccc(OC)nc1NC(C)Cc1cn(Cc2ccccc2)c2ccccc12. The molecule has 2 aromatic carbocycles. The molecule has 1 unspecified atom stereocenters. The van der Waals surface area contributed by atoms with Gasteiger partial charge in [0.2, 0.25) is 5.88 Å². The number of hydrogen-bond donors (Lipinski definition) is 2. The molecule has 7 nitrogen and oxygen atoms in total. The second kappa shape index (κ2) is 10.7. The van der Waals surface area contributed by atoms with Gasteiger partial charge in [-0.1, -0.05) is 48.5 Å². The largest absolute Gasteiger partial charge is 0.481 e. The number of nitrogens with zero attached hydrogens (tertiary/aromatic N) is 2. The third kappa shape index (κ3) is 5.49. The third-order valence-electron chi connectivity index (χ3n) is 5.57. The lowest BCUT2D eigenvalue weighted by molar-refractivity contribution is 0.168. The number of methoxy groups -OCH3 is 1. The van der Waals surface area contributed by atoms with Gasteiger partial charge in [0.1, 0.15) is 0 Å². The molecule has 0 aliphatic rings. The van der Waals surface area contributed by atoms with E-state index in [0.717, 1.165) is 13.0 Å². The van der Waals surface area contributed by atoms with Gasteiger partial charge in [0.25, 0.3) is 0 Å². The number of carbonyl (C=O) groups excluding carboxylic acids is 1. The van der Waals surface area contributed by atoms with Crippen LogP contribution in [-0.2, 0) is 17.7 Å². The van der Waals surface area contributed by atoms with Gasteiger partial charge in [-0.25, -0.2) is 4.79 Å². The highest BCUT2D eigenvalue weighted by molar-refractivity contribution is 5.88. The summed E-state index contributed by atoms with van der Waals surface area (Å²) in [6.45, 7) is 4.97. The van der Waals surface area contributed by atoms with Crippen LogP contribution in [0.15, 0.2) is 72.9 Å². The summed E-state index contributed by atoms with van der Waals surface area (Å²) in [6, 6.07) is 22.4. The molecule has 2 aromatic heterocycles. The van der Waals surface area contributed by atoms with Gasteiger partial charge in [-0.2, -0.15) is 4.98 Å². The molecule has 1 amide bonds. The highest BCUT2D eigenvalue weighted by Crippen LogP contribution is 2.27. The topological polar surface area (TPSA) is 77.4 Å². The van der Waals surface area contributed by atoms with Crippen molar-refractivity contribution in [2.24, 2.45) is 0 Å². The Balaban J connectivity index is 1.56. The lowest BCUT2D eigenvalue weighted by atomic mass is 10.1. The van der Waals surface area contributed by atoms with Crippen LogP contribution in [0, 0.1) is 0 Å². The number of carbonyl (C=O) groups is 1. The van der Waals surface area contributed by atoms with E-state index in [2.05, 4.69) is 81.8 Å². The highest BCUT2D eigenvalue weighted by atomic mass is 16.5. The van der Waals surface area contributed by atoms with E-state index >= 15 is 0 Å². The molecule has 0 radical (unpaired) electrons. The number of benzene rings is 2. The minimum Gasteiger partial charge on any atom is -0.481 e. The van der Waals surface area contributed by atoms with Crippen LogP contribution in [-0.4, -0.2) is 35.4 Å². The number of hydrogen-bond acceptors (Lipinski definition) is 5. The van der Waals surface area contributed by atoms with E-state index in [-0.39, 0.29) is 6.04 Å². The number of pyridine rings is 1. The fourth-order valence-corrected chi connectivity index (χ4v) is 4.05. The first-order chi connectivity index (χ1) is 16.6. The Morgan fingerprint density at radius 2 is 1.82 bits per heavy atom. The summed E-state index contributed by atoms with van der Waals surface area (Å²) < 4.78 is 12.6. The molecule has 0 aliphatic carbocycles. The molecule has 7 heteroatoms. The molecule has 0 bridgehead atoms. The zero-order valence-corrected chi connectivity index (χ0v) is 19.7. The van der Waals surface area contributed by atoms with Gasteiger partial charge < -0.3 is 19.4 Å². The van der Waals surface area contributed by atoms with Crippen molar-refractivity contribution in [1.82, 2.24) is 9.55 Å². The number of aromatic nitrogens is 2. The molecular weight excluding hydrogens is 428 g/mol. The summed E-state index contributed by atoms with van der Waals surface area (Å²) >= 11 is 0. The van der Waals surface area contributed by atoms with Crippen molar-refractivity contribution in [2.75, 3.05) is 24.4 Å². The average molecular weight is 459 g/mol. The van der Waals surface area contributed by atoms with Crippen molar-refractivity contribution in [3.05, 3.63) is 84.1 Å². The van der Waals surface area contributed by atoms with Gasteiger partial charge >= 0.3 is 6.09 Å². The molecular formula is C27H30N4O3. The van der Waals surface area contributed by atoms with Crippen LogP contribution in [0.4, 0.5) is 16.3 Å². The predicted octanol–water partition coefficient (Wildman–Crippen LogP) is 5.70. The lowest BCUT2D eigenvalue weighted by Gasteiger charge is -2.18. The second-order valence-corrected chi connectivity index (χ2v) is 8.13. The van der Waals surface area contributed by atoms with Crippen LogP contribution in [0.2, 0.25) is 0 Å². The summed E-state index contributed by atoms with van der Waals surface area (Å²) in [7, 11) is 1.57. The predicted molar refractivity (Wildman–Crippen MR) is 136 cm³/mol. The Hall–Kier alpha value is -4.00. The van der Waals surface area contributed by atoms with E-state index < -0.39 is 6.09 Å². The van der Waals surface area contributed by atoms with Crippen molar-refractivity contribution < 1.29 is 14.3 Å². The third-order valence-corrected chi connectivity index (χ3v) is 5.57. The standard InChI is InChI=1S/C27H30N4O3/c1-4-34-27(32)29-23-14-15-25(33-3)30-26(23)28-19(2)16-21-18-31(17-20-10-6-5-7-11-20)24-13-9-8-12-22(21)24/h5-15,18-19H,4,16-17H2,1-3H3,(H,28,30)(H,29,32). The molecule has 2 N–H and O–H groups in total. The molecule has 4 aromatic rings. The quantitative estimate of drug-likeness (QED) is 0.336. The maximum Gasteiger partial charge on any atom is 0.411 e. The fraction of sp³-hybridized carbons (Fsp3) is 0.259. The molecule has 176 valence electrons. The summed E-state index contributed by atoms with van der Waals surface area (Å²) in [5.41, 5.74) is 4.25. The monoisotopic (exact) mass is 458 g/mol. The minimum absolute atomic E-state index is 0.0401. The molecule has 0 fully saturated rings. The Labute approximate surface area is 199 Å². The van der Waals surface area contributed by atoms with Crippen LogP contribution in [0.5, 0.6) is 5.88 Å². The Morgan fingerprint density at radius 3 is 2.59 bits per heavy atom. The molecule has 0 aliphatic heterocycles. The maximum atomic E-state index is 12.0. The summed E-state index contributed by atoms with van der Waals surface area (Å²) in [5.74, 6) is 0.997. The van der Waals surface area contributed by atoms with Crippen LogP contribution in [0.1, 0.15) is 25.0 Å². The van der Waals surface area contributed by atoms with Crippen molar-refractivity contribution in [2.45, 2.75) is 32.9 Å². The van der Waals surface area contributed by atoms with E-state index in [9.17, 15) is 4.79 Å². The summed E-state index contributed by atoms with van der Waals surface area (Å²) in [6.07, 6.45) is 2.49. The van der Waals surface area contributed by atoms with Crippen molar-refractivity contribution in [1.29, 1.82) is 0 Å². The lowest BCUT2D eigenvalue weighted by Crippen LogP contribution is -2.21. The number of anilines is 2. The van der Waals surface area contributed by atoms with Gasteiger partial charge in [0, 0.05) is 35.8 Å².